The van der Waals surface area contributed by atoms with Gasteiger partial charge in [-0.25, -0.2) is 0 Å². The number of carbonyl (C=O) groups excluding carboxylic acids is 1. The molecule has 1 amide bonds. The summed E-state index contributed by atoms with van der Waals surface area (Å²) in [5, 5.41) is 0. The number of amides is 1. The van der Waals surface area contributed by atoms with E-state index in [4.69, 9.17) is 9.47 Å². The SMILES string of the molecule is COc1ccc(CN2CCN(C)C(=O)C(Cc3ccccc3-c3ccncc3)C2)cc1OC. The van der Waals surface area contributed by atoms with Crippen LogP contribution in [0.15, 0.2) is 67.0 Å². The molecule has 172 valence electrons. The van der Waals surface area contributed by atoms with Gasteiger partial charge in [0.05, 0.1) is 20.1 Å². The van der Waals surface area contributed by atoms with Gasteiger partial charge in [0.25, 0.3) is 0 Å². The highest BCUT2D eigenvalue weighted by atomic mass is 16.5. The standard InChI is InChI=1S/C27H31N3O3/c1-29-14-15-30(18-20-8-9-25(32-2)26(16-20)33-3)19-23(27(29)31)17-22-6-4-5-7-24(22)21-10-12-28-13-11-21/h4-13,16,23H,14-15,17-19H2,1-3H3. The maximum Gasteiger partial charge on any atom is 0.227 e. The first-order valence-electron chi connectivity index (χ1n) is 11.3. The number of pyridine rings is 1. The Bertz CT molecular complexity index is 1090. The molecule has 3 aromatic rings. The van der Waals surface area contributed by atoms with Crippen molar-refractivity contribution in [3.8, 4) is 22.6 Å². The van der Waals surface area contributed by atoms with E-state index in [2.05, 4.69) is 28.1 Å². The Labute approximate surface area is 195 Å². The van der Waals surface area contributed by atoms with Gasteiger partial charge in [0, 0.05) is 45.6 Å². The summed E-state index contributed by atoms with van der Waals surface area (Å²) >= 11 is 0. The van der Waals surface area contributed by atoms with Gasteiger partial charge < -0.3 is 14.4 Å². The van der Waals surface area contributed by atoms with E-state index < -0.39 is 0 Å². The highest BCUT2D eigenvalue weighted by Gasteiger charge is 2.29. The average Bonchev–Trinajstić information content (AvgIpc) is 2.98. The average molecular weight is 446 g/mol. The van der Waals surface area contributed by atoms with E-state index in [-0.39, 0.29) is 11.8 Å². The molecule has 33 heavy (non-hydrogen) atoms. The zero-order chi connectivity index (χ0) is 23.2. The quantitative estimate of drug-likeness (QED) is 0.552. The van der Waals surface area contributed by atoms with Crippen molar-refractivity contribution in [3.05, 3.63) is 78.1 Å². The smallest absolute Gasteiger partial charge is 0.227 e. The van der Waals surface area contributed by atoms with E-state index >= 15 is 0 Å². The molecular weight excluding hydrogens is 414 g/mol. The van der Waals surface area contributed by atoms with Crippen LogP contribution >= 0.6 is 0 Å². The number of hydrogen-bond donors (Lipinski definition) is 0. The van der Waals surface area contributed by atoms with Crippen LogP contribution < -0.4 is 9.47 Å². The summed E-state index contributed by atoms with van der Waals surface area (Å²) in [6.45, 7) is 3.01. The lowest BCUT2D eigenvalue weighted by atomic mass is 9.91. The van der Waals surface area contributed by atoms with Crippen molar-refractivity contribution in [1.29, 1.82) is 0 Å². The summed E-state index contributed by atoms with van der Waals surface area (Å²) in [6, 6.07) is 18.4. The number of nitrogens with zero attached hydrogens (tertiary/aromatic N) is 3. The van der Waals surface area contributed by atoms with Gasteiger partial charge in [-0.3, -0.25) is 14.7 Å². The minimum absolute atomic E-state index is 0.111. The molecule has 1 aliphatic heterocycles. The third kappa shape index (κ3) is 5.34. The highest BCUT2D eigenvalue weighted by molar-refractivity contribution is 5.80. The second kappa shape index (κ2) is 10.5. The van der Waals surface area contributed by atoms with E-state index in [0.29, 0.717) is 19.5 Å². The van der Waals surface area contributed by atoms with Crippen molar-refractivity contribution < 1.29 is 14.3 Å². The van der Waals surface area contributed by atoms with Gasteiger partial charge in [-0.05, 0) is 52.9 Å². The van der Waals surface area contributed by atoms with Crippen molar-refractivity contribution in [3.63, 3.8) is 0 Å². The lowest BCUT2D eigenvalue weighted by Gasteiger charge is -2.24. The minimum Gasteiger partial charge on any atom is -0.493 e. The lowest BCUT2D eigenvalue weighted by Crippen LogP contribution is -2.34. The second-order valence-electron chi connectivity index (χ2n) is 8.48. The molecule has 2 aromatic carbocycles. The van der Waals surface area contributed by atoms with Crippen molar-refractivity contribution >= 4 is 5.91 Å². The fourth-order valence-electron chi connectivity index (χ4n) is 4.50. The summed E-state index contributed by atoms with van der Waals surface area (Å²) < 4.78 is 10.8. The Kier molecular flexibility index (Phi) is 7.25. The summed E-state index contributed by atoms with van der Waals surface area (Å²) in [7, 11) is 5.20. The molecule has 0 bridgehead atoms. The third-order valence-corrected chi connectivity index (χ3v) is 6.28. The van der Waals surface area contributed by atoms with Gasteiger partial charge in [0.15, 0.2) is 11.5 Å². The van der Waals surface area contributed by atoms with Crippen LogP contribution in [-0.4, -0.2) is 61.6 Å². The van der Waals surface area contributed by atoms with Crippen LogP contribution in [0.25, 0.3) is 11.1 Å². The highest BCUT2D eigenvalue weighted by Crippen LogP contribution is 2.29. The lowest BCUT2D eigenvalue weighted by molar-refractivity contribution is -0.133. The zero-order valence-electron chi connectivity index (χ0n) is 19.5. The molecule has 0 spiro atoms. The first-order valence-corrected chi connectivity index (χ1v) is 11.3. The van der Waals surface area contributed by atoms with Crippen molar-refractivity contribution in [2.45, 2.75) is 13.0 Å². The molecule has 1 aromatic heterocycles. The molecule has 1 atom stereocenters. The molecular formula is C27H31N3O3. The van der Waals surface area contributed by atoms with E-state index in [1.165, 1.54) is 5.56 Å². The predicted molar refractivity (Wildman–Crippen MR) is 129 cm³/mol. The molecule has 0 N–H and O–H groups in total. The van der Waals surface area contributed by atoms with Crippen LogP contribution in [0.4, 0.5) is 0 Å². The monoisotopic (exact) mass is 445 g/mol. The molecule has 1 aliphatic rings. The van der Waals surface area contributed by atoms with Crippen LogP contribution in [0, 0.1) is 5.92 Å². The van der Waals surface area contributed by atoms with Crippen LogP contribution in [-0.2, 0) is 17.8 Å². The first kappa shape index (κ1) is 22.8. The molecule has 6 heteroatoms. The predicted octanol–water partition coefficient (Wildman–Crippen LogP) is 3.90. The van der Waals surface area contributed by atoms with Crippen LogP contribution in [0.1, 0.15) is 11.1 Å². The number of methoxy groups -OCH3 is 2. The Morgan fingerprint density at radius 2 is 1.73 bits per heavy atom. The fourth-order valence-corrected chi connectivity index (χ4v) is 4.50. The fraction of sp³-hybridized carbons (Fsp3) is 0.333. The van der Waals surface area contributed by atoms with Crippen LogP contribution in [0.5, 0.6) is 11.5 Å². The molecule has 1 unspecified atom stereocenters. The first-order chi connectivity index (χ1) is 16.1. The van der Waals surface area contributed by atoms with E-state index in [9.17, 15) is 4.79 Å². The van der Waals surface area contributed by atoms with E-state index in [0.717, 1.165) is 41.3 Å². The molecule has 1 saturated heterocycles. The molecule has 0 radical (unpaired) electrons. The Morgan fingerprint density at radius 1 is 0.970 bits per heavy atom. The van der Waals surface area contributed by atoms with Gasteiger partial charge >= 0.3 is 0 Å². The Hall–Kier alpha value is -3.38. The Morgan fingerprint density at radius 3 is 2.48 bits per heavy atom. The van der Waals surface area contributed by atoms with Crippen LogP contribution in [0.2, 0.25) is 0 Å². The Balaban J connectivity index is 1.56. The third-order valence-electron chi connectivity index (χ3n) is 6.28. The van der Waals surface area contributed by atoms with Crippen molar-refractivity contribution in [2.75, 3.05) is 40.9 Å². The summed E-state index contributed by atoms with van der Waals surface area (Å²) in [5.41, 5.74) is 4.60. The van der Waals surface area contributed by atoms with E-state index in [1.807, 2.05) is 60.7 Å². The number of benzene rings is 2. The molecule has 0 saturated carbocycles. The van der Waals surface area contributed by atoms with Crippen molar-refractivity contribution in [2.24, 2.45) is 5.92 Å². The number of ether oxygens (including phenoxy) is 2. The van der Waals surface area contributed by atoms with Crippen LogP contribution in [0.3, 0.4) is 0 Å². The number of likely N-dealkylation sites (N-methyl/N-ethyl adjacent to an activating group) is 1. The number of hydrogen-bond acceptors (Lipinski definition) is 5. The van der Waals surface area contributed by atoms with Gasteiger partial charge in [-0.15, -0.1) is 0 Å². The van der Waals surface area contributed by atoms with Gasteiger partial charge in [0.2, 0.25) is 5.91 Å². The maximum atomic E-state index is 13.2. The molecule has 6 nitrogen and oxygen atoms in total. The summed E-state index contributed by atoms with van der Waals surface area (Å²) in [4.78, 5) is 21.6. The number of rotatable bonds is 7. The number of aromatic nitrogens is 1. The van der Waals surface area contributed by atoms with Crippen molar-refractivity contribution in [1.82, 2.24) is 14.8 Å². The molecule has 1 fully saturated rings. The molecule has 2 heterocycles. The van der Waals surface area contributed by atoms with Gasteiger partial charge in [-0.1, -0.05) is 30.3 Å². The minimum atomic E-state index is -0.111. The largest absolute Gasteiger partial charge is 0.493 e. The van der Waals surface area contributed by atoms with Gasteiger partial charge in [-0.2, -0.15) is 0 Å². The summed E-state index contributed by atoms with van der Waals surface area (Å²) in [5.74, 6) is 1.54. The maximum absolute atomic E-state index is 13.2. The summed E-state index contributed by atoms with van der Waals surface area (Å²) in [6.07, 6.45) is 4.31. The molecule has 0 aliphatic carbocycles. The number of carbonyl (C=O) groups is 1. The second-order valence-corrected chi connectivity index (χ2v) is 8.48. The molecule has 4 rings (SSSR count). The van der Waals surface area contributed by atoms with Gasteiger partial charge in [0.1, 0.15) is 0 Å². The van der Waals surface area contributed by atoms with E-state index in [1.54, 1.807) is 14.2 Å². The normalized spacial score (nSPS) is 17.0. The zero-order valence-corrected chi connectivity index (χ0v) is 19.5. The topological polar surface area (TPSA) is 54.9 Å².